The van der Waals surface area contributed by atoms with Crippen molar-refractivity contribution in [2.75, 3.05) is 5.01 Å². The number of benzene rings is 2. The largest absolute Gasteiger partial charge is 0.225 e. The SMILES string of the molecule is O=NN(Cc1ccccc1)c1ccc(Cl)cc1. The van der Waals surface area contributed by atoms with Gasteiger partial charge in [-0.2, -0.15) is 0 Å². The lowest BCUT2D eigenvalue weighted by molar-refractivity contribution is 0.847. The van der Waals surface area contributed by atoms with E-state index in [2.05, 4.69) is 5.29 Å². The maximum Gasteiger partial charge on any atom is 0.0698 e. The standard InChI is InChI=1S/C13H11ClN2O/c14-12-6-8-13(9-7-12)16(15-17)10-11-4-2-1-3-5-11/h1-9H,10H2. The summed E-state index contributed by atoms with van der Waals surface area (Å²) in [6.45, 7) is 0.450. The van der Waals surface area contributed by atoms with Crippen LogP contribution < -0.4 is 5.01 Å². The van der Waals surface area contributed by atoms with Crippen LogP contribution in [0.15, 0.2) is 59.9 Å². The molecule has 0 bridgehead atoms. The van der Waals surface area contributed by atoms with Gasteiger partial charge in [-0.3, -0.25) is 0 Å². The normalized spacial score (nSPS) is 9.94. The Morgan fingerprint density at radius 1 is 1.00 bits per heavy atom. The molecule has 3 nitrogen and oxygen atoms in total. The minimum absolute atomic E-state index is 0.450. The van der Waals surface area contributed by atoms with E-state index in [1.54, 1.807) is 24.3 Å². The quantitative estimate of drug-likeness (QED) is 0.603. The lowest BCUT2D eigenvalue weighted by Gasteiger charge is -2.15. The maximum atomic E-state index is 10.8. The molecule has 86 valence electrons. The predicted molar refractivity (Wildman–Crippen MR) is 69.9 cm³/mol. The fourth-order valence-corrected chi connectivity index (χ4v) is 1.66. The molecule has 0 unspecified atom stereocenters. The molecular weight excluding hydrogens is 236 g/mol. The Labute approximate surface area is 105 Å². The highest BCUT2D eigenvalue weighted by Crippen LogP contribution is 2.20. The third-order valence-corrected chi connectivity index (χ3v) is 2.65. The molecule has 2 rings (SSSR count). The molecule has 0 radical (unpaired) electrons. The van der Waals surface area contributed by atoms with Gasteiger partial charge in [-0.15, -0.1) is 4.91 Å². The molecule has 0 fully saturated rings. The number of nitrogens with zero attached hydrogens (tertiary/aromatic N) is 2. The number of rotatable bonds is 4. The third kappa shape index (κ3) is 3.04. The molecule has 2 aromatic carbocycles. The summed E-state index contributed by atoms with van der Waals surface area (Å²) in [6, 6.07) is 16.7. The Morgan fingerprint density at radius 3 is 2.24 bits per heavy atom. The summed E-state index contributed by atoms with van der Waals surface area (Å²) in [5.74, 6) is 0. The van der Waals surface area contributed by atoms with E-state index in [1.807, 2.05) is 30.3 Å². The summed E-state index contributed by atoms with van der Waals surface area (Å²) in [5, 5.41) is 5.06. The van der Waals surface area contributed by atoms with E-state index in [9.17, 15) is 4.91 Å². The summed E-state index contributed by atoms with van der Waals surface area (Å²) in [5.41, 5.74) is 1.76. The van der Waals surface area contributed by atoms with Gasteiger partial charge in [0.05, 0.1) is 17.5 Å². The van der Waals surface area contributed by atoms with E-state index in [-0.39, 0.29) is 0 Å². The van der Waals surface area contributed by atoms with Gasteiger partial charge in [0, 0.05) is 5.02 Å². The Morgan fingerprint density at radius 2 is 1.65 bits per heavy atom. The van der Waals surface area contributed by atoms with Gasteiger partial charge in [-0.1, -0.05) is 41.9 Å². The van der Waals surface area contributed by atoms with Crippen molar-refractivity contribution in [1.29, 1.82) is 0 Å². The highest BCUT2D eigenvalue weighted by atomic mass is 35.5. The lowest BCUT2D eigenvalue weighted by Crippen LogP contribution is -2.14. The Kier molecular flexibility index (Phi) is 3.73. The van der Waals surface area contributed by atoms with Crippen LogP contribution in [0.5, 0.6) is 0 Å². The first-order valence-corrected chi connectivity index (χ1v) is 5.57. The van der Waals surface area contributed by atoms with E-state index in [0.29, 0.717) is 11.6 Å². The Balaban J connectivity index is 2.17. The maximum absolute atomic E-state index is 10.8. The molecule has 0 aromatic heterocycles. The molecule has 0 atom stereocenters. The second kappa shape index (κ2) is 5.46. The number of hydrogen-bond acceptors (Lipinski definition) is 2. The van der Waals surface area contributed by atoms with E-state index < -0.39 is 0 Å². The van der Waals surface area contributed by atoms with Crippen LogP contribution in [0.4, 0.5) is 5.69 Å². The number of nitroso groups, excluding NO2 is 1. The monoisotopic (exact) mass is 246 g/mol. The highest BCUT2D eigenvalue weighted by Gasteiger charge is 2.06. The summed E-state index contributed by atoms with van der Waals surface area (Å²) in [4.78, 5) is 10.8. The zero-order valence-electron chi connectivity index (χ0n) is 9.08. The first-order chi connectivity index (χ1) is 8.29. The zero-order valence-corrected chi connectivity index (χ0v) is 9.84. The molecule has 2 aromatic rings. The minimum atomic E-state index is 0.450. The molecule has 0 amide bonds. The number of anilines is 1. The first-order valence-electron chi connectivity index (χ1n) is 5.20. The molecule has 0 N–H and O–H groups in total. The summed E-state index contributed by atoms with van der Waals surface area (Å²) in [7, 11) is 0. The molecule has 0 aliphatic rings. The van der Waals surface area contributed by atoms with Crippen LogP contribution in [0.3, 0.4) is 0 Å². The summed E-state index contributed by atoms with van der Waals surface area (Å²) >= 11 is 5.79. The topological polar surface area (TPSA) is 32.7 Å². The van der Waals surface area contributed by atoms with E-state index in [4.69, 9.17) is 11.6 Å². The molecule has 0 heterocycles. The van der Waals surface area contributed by atoms with Crippen molar-refractivity contribution < 1.29 is 0 Å². The average molecular weight is 247 g/mol. The fraction of sp³-hybridized carbons (Fsp3) is 0.0769. The van der Waals surface area contributed by atoms with Gasteiger partial charge in [0.2, 0.25) is 0 Å². The van der Waals surface area contributed by atoms with E-state index in [0.717, 1.165) is 11.3 Å². The van der Waals surface area contributed by atoms with Gasteiger partial charge in [-0.25, -0.2) is 5.01 Å². The van der Waals surface area contributed by atoms with E-state index >= 15 is 0 Å². The van der Waals surface area contributed by atoms with Gasteiger partial charge in [0.25, 0.3) is 0 Å². The fourth-order valence-electron chi connectivity index (χ4n) is 1.54. The summed E-state index contributed by atoms with van der Waals surface area (Å²) in [6.07, 6.45) is 0. The second-order valence-electron chi connectivity index (χ2n) is 3.60. The molecule has 0 aliphatic heterocycles. The molecule has 0 aliphatic carbocycles. The molecule has 0 spiro atoms. The molecule has 17 heavy (non-hydrogen) atoms. The smallest absolute Gasteiger partial charge is 0.0698 e. The second-order valence-corrected chi connectivity index (χ2v) is 4.04. The van der Waals surface area contributed by atoms with Crippen molar-refractivity contribution in [3.8, 4) is 0 Å². The van der Waals surface area contributed by atoms with Crippen LogP contribution in [-0.4, -0.2) is 0 Å². The van der Waals surface area contributed by atoms with Crippen molar-refractivity contribution in [3.63, 3.8) is 0 Å². The van der Waals surface area contributed by atoms with Crippen molar-refractivity contribution in [1.82, 2.24) is 0 Å². The number of hydrogen-bond donors (Lipinski definition) is 0. The third-order valence-electron chi connectivity index (χ3n) is 2.40. The van der Waals surface area contributed by atoms with Crippen LogP contribution in [0.1, 0.15) is 5.56 Å². The van der Waals surface area contributed by atoms with Crippen LogP contribution in [-0.2, 0) is 6.54 Å². The Hall–Kier alpha value is -1.87. The molecular formula is C13H11ClN2O. The molecule has 4 heteroatoms. The van der Waals surface area contributed by atoms with Crippen LogP contribution in [0.25, 0.3) is 0 Å². The van der Waals surface area contributed by atoms with Crippen molar-refractivity contribution in [2.45, 2.75) is 6.54 Å². The highest BCUT2D eigenvalue weighted by molar-refractivity contribution is 6.30. The van der Waals surface area contributed by atoms with Crippen LogP contribution >= 0.6 is 11.6 Å². The van der Waals surface area contributed by atoms with Crippen LogP contribution in [0.2, 0.25) is 5.02 Å². The molecule has 0 saturated heterocycles. The molecule has 0 saturated carbocycles. The van der Waals surface area contributed by atoms with Gasteiger partial charge in [-0.05, 0) is 29.8 Å². The Bertz CT molecular complexity index is 485. The van der Waals surface area contributed by atoms with Crippen molar-refractivity contribution in [2.24, 2.45) is 5.29 Å². The minimum Gasteiger partial charge on any atom is -0.225 e. The lowest BCUT2D eigenvalue weighted by atomic mass is 10.2. The van der Waals surface area contributed by atoms with E-state index in [1.165, 1.54) is 5.01 Å². The van der Waals surface area contributed by atoms with Gasteiger partial charge in [0.15, 0.2) is 0 Å². The van der Waals surface area contributed by atoms with Crippen molar-refractivity contribution in [3.05, 3.63) is 70.1 Å². The average Bonchev–Trinajstić information content (AvgIpc) is 2.38. The van der Waals surface area contributed by atoms with Gasteiger partial charge in [0.1, 0.15) is 0 Å². The van der Waals surface area contributed by atoms with Crippen molar-refractivity contribution >= 4 is 17.3 Å². The van der Waals surface area contributed by atoms with Gasteiger partial charge < -0.3 is 0 Å². The zero-order chi connectivity index (χ0) is 12.1. The number of halogens is 1. The van der Waals surface area contributed by atoms with Crippen LogP contribution in [0, 0.1) is 4.91 Å². The summed E-state index contributed by atoms with van der Waals surface area (Å²) < 4.78 is 0. The predicted octanol–water partition coefficient (Wildman–Crippen LogP) is 4.03. The first kappa shape index (κ1) is 11.6. The van der Waals surface area contributed by atoms with Gasteiger partial charge >= 0.3 is 0 Å².